The molecule has 0 amide bonds. The van der Waals surface area contributed by atoms with E-state index in [1.165, 1.54) is 24.0 Å². The molecule has 2 aliphatic rings. The van der Waals surface area contributed by atoms with Gasteiger partial charge in [0.05, 0.1) is 6.61 Å². The van der Waals surface area contributed by atoms with E-state index in [2.05, 4.69) is 24.3 Å². The molecule has 0 spiro atoms. The van der Waals surface area contributed by atoms with Crippen LogP contribution in [0.2, 0.25) is 0 Å². The molecule has 2 nitrogen and oxygen atoms in total. The average molecular weight is 204 g/mol. The molecular weight excluding hydrogens is 188 g/mol. The first-order valence-electron chi connectivity index (χ1n) is 5.73. The SMILES string of the molecule is c1ccc2c(c1)CO[C@@H]1OCCC[C@@H]1C2. The number of hydrogen-bond acceptors (Lipinski definition) is 2. The summed E-state index contributed by atoms with van der Waals surface area (Å²) in [6.45, 7) is 1.56. The summed E-state index contributed by atoms with van der Waals surface area (Å²) in [5.74, 6) is 0.558. The van der Waals surface area contributed by atoms with Crippen molar-refractivity contribution in [3.05, 3.63) is 35.4 Å². The van der Waals surface area contributed by atoms with Crippen LogP contribution in [0.15, 0.2) is 24.3 Å². The monoisotopic (exact) mass is 204 g/mol. The Morgan fingerprint density at radius 3 is 2.87 bits per heavy atom. The highest BCUT2D eigenvalue weighted by molar-refractivity contribution is 5.27. The zero-order valence-electron chi connectivity index (χ0n) is 8.82. The Kier molecular flexibility index (Phi) is 2.47. The molecule has 1 saturated heterocycles. The largest absolute Gasteiger partial charge is 0.352 e. The fourth-order valence-corrected chi connectivity index (χ4v) is 2.55. The molecule has 2 heterocycles. The van der Waals surface area contributed by atoms with Gasteiger partial charge in [0.15, 0.2) is 6.29 Å². The molecule has 2 atom stereocenters. The van der Waals surface area contributed by atoms with Crippen molar-refractivity contribution in [2.24, 2.45) is 5.92 Å². The summed E-state index contributed by atoms with van der Waals surface area (Å²) in [5.41, 5.74) is 2.77. The summed E-state index contributed by atoms with van der Waals surface area (Å²) in [4.78, 5) is 0. The molecule has 15 heavy (non-hydrogen) atoms. The molecule has 3 rings (SSSR count). The van der Waals surface area contributed by atoms with Crippen molar-refractivity contribution in [3.8, 4) is 0 Å². The third kappa shape index (κ3) is 1.80. The van der Waals surface area contributed by atoms with E-state index in [1.807, 2.05) is 0 Å². The molecule has 1 aromatic rings. The molecule has 1 aromatic carbocycles. The predicted octanol–water partition coefficient (Wildman–Crippen LogP) is 2.51. The van der Waals surface area contributed by atoms with E-state index in [-0.39, 0.29) is 6.29 Å². The maximum atomic E-state index is 5.81. The lowest BCUT2D eigenvalue weighted by Crippen LogP contribution is -2.31. The minimum Gasteiger partial charge on any atom is -0.352 e. The Morgan fingerprint density at radius 2 is 1.93 bits per heavy atom. The minimum absolute atomic E-state index is 0.0335. The van der Waals surface area contributed by atoms with Crippen LogP contribution in [0.25, 0.3) is 0 Å². The summed E-state index contributed by atoms with van der Waals surface area (Å²) in [5, 5.41) is 0. The van der Waals surface area contributed by atoms with Crippen LogP contribution in [-0.4, -0.2) is 12.9 Å². The number of rotatable bonds is 0. The van der Waals surface area contributed by atoms with Crippen LogP contribution in [0.5, 0.6) is 0 Å². The second kappa shape index (κ2) is 3.95. The van der Waals surface area contributed by atoms with Crippen molar-refractivity contribution < 1.29 is 9.47 Å². The topological polar surface area (TPSA) is 18.5 Å². The Morgan fingerprint density at radius 1 is 1.07 bits per heavy atom. The highest BCUT2D eigenvalue weighted by atomic mass is 16.7. The van der Waals surface area contributed by atoms with Crippen LogP contribution in [0.4, 0.5) is 0 Å². The third-order valence-electron chi connectivity index (χ3n) is 3.39. The van der Waals surface area contributed by atoms with Crippen molar-refractivity contribution >= 4 is 0 Å². The molecule has 0 radical (unpaired) electrons. The molecule has 2 aliphatic heterocycles. The van der Waals surface area contributed by atoms with E-state index in [0.29, 0.717) is 12.5 Å². The molecular formula is C13H16O2. The fraction of sp³-hybridized carbons (Fsp3) is 0.538. The van der Waals surface area contributed by atoms with Crippen molar-refractivity contribution in [1.29, 1.82) is 0 Å². The standard InChI is InChI=1S/C13H16O2/c1-2-5-12-9-15-13-11(6-3-7-14-13)8-10(12)4-1/h1-2,4-5,11,13H,3,6-9H2/t11-,13+/m1/s1. The van der Waals surface area contributed by atoms with Gasteiger partial charge >= 0.3 is 0 Å². The molecule has 0 aliphatic carbocycles. The smallest absolute Gasteiger partial charge is 0.161 e. The van der Waals surface area contributed by atoms with Gasteiger partial charge in [-0.3, -0.25) is 0 Å². The highest BCUT2D eigenvalue weighted by Gasteiger charge is 2.29. The van der Waals surface area contributed by atoms with Gasteiger partial charge < -0.3 is 9.47 Å². The van der Waals surface area contributed by atoms with E-state index in [1.54, 1.807) is 0 Å². The zero-order chi connectivity index (χ0) is 10.1. The Labute approximate surface area is 90.2 Å². The predicted molar refractivity (Wildman–Crippen MR) is 57.4 cm³/mol. The molecule has 0 aromatic heterocycles. The third-order valence-corrected chi connectivity index (χ3v) is 3.39. The molecule has 2 heteroatoms. The Bertz CT molecular complexity index is 348. The molecule has 80 valence electrons. The Balaban J connectivity index is 1.88. The molecule has 0 unspecified atom stereocenters. The second-order valence-corrected chi connectivity index (χ2v) is 4.43. The van der Waals surface area contributed by atoms with E-state index in [0.717, 1.165) is 13.0 Å². The maximum absolute atomic E-state index is 5.81. The summed E-state index contributed by atoms with van der Waals surface area (Å²) >= 11 is 0. The van der Waals surface area contributed by atoms with Crippen LogP contribution in [0.1, 0.15) is 24.0 Å². The normalized spacial score (nSPS) is 30.1. The van der Waals surface area contributed by atoms with E-state index < -0.39 is 0 Å². The first-order valence-corrected chi connectivity index (χ1v) is 5.73. The first kappa shape index (κ1) is 9.37. The number of fused-ring (bicyclic) bond motifs is 2. The number of ether oxygens (including phenoxy) is 2. The molecule has 0 saturated carbocycles. The first-order chi connectivity index (χ1) is 7.43. The number of benzene rings is 1. The van der Waals surface area contributed by atoms with Gasteiger partial charge in [-0.15, -0.1) is 0 Å². The van der Waals surface area contributed by atoms with Gasteiger partial charge in [0.1, 0.15) is 0 Å². The van der Waals surface area contributed by atoms with Gasteiger partial charge in [-0.05, 0) is 30.4 Å². The lowest BCUT2D eigenvalue weighted by Gasteiger charge is -2.29. The van der Waals surface area contributed by atoms with Gasteiger partial charge in [-0.2, -0.15) is 0 Å². The summed E-state index contributed by atoms with van der Waals surface area (Å²) in [6, 6.07) is 8.57. The van der Waals surface area contributed by atoms with Gasteiger partial charge in [0, 0.05) is 12.5 Å². The van der Waals surface area contributed by atoms with Crippen molar-refractivity contribution in [2.75, 3.05) is 6.61 Å². The van der Waals surface area contributed by atoms with E-state index in [4.69, 9.17) is 9.47 Å². The molecule has 0 N–H and O–H groups in total. The summed E-state index contributed by atoms with van der Waals surface area (Å²) < 4.78 is 11.5. The van der Waals surface area contributed by atoms with Gasteiger partial charge in [0.25, 0.3) is 0 Å². The lowest BCUT2D eigenvalue weighted by atomic mass is 9.92. The van der Waals surface area contributed by atoms with Gasteiger partial charge in [0.2, 0.25) is 0 Å². The quantitative estimate of drug-likeness (QED) is 0.646. The second-order valence-electron chi connectivity index (χ2n) is 4.43. The average Bonchev–Trinajstić information content (AvgIpc) is 2.48. The summed E-state index contributed by atoms with van der Waals surface area (Å²) in [7, 11) is 0. The van der Waals surface area contributed by atoms with Crippen molar-refractivity contribution in [2.45, 2.75) is 32.2 Å². The van der Waals surface area contributed by atoms with Crippen LogP contribution in [-0.2, 0) is 22.5 Å². The van der Waals surface area contributed by atoms with Gasteiger partial charge in [-0.1, -0.05) is 24.3 Å². The van der Waals surface area contributed by atoms with Crippen LogP contribution in [0.3, 0.4) is 0 Å². The zero-order valence-corrected chi connectivity index (χ0v) is 8.82. The molecule has 0 bridgehead atoms. The number of hydrogen-bond donors (Lipinski definition) is 0. The van der Waals surface area contributed by atoms with Crippen molar-refractivity contribution in [1.82, 2.24) is 0 Å². The van der Waals surface area contributed by atoms with Crippen molar-refractivity contribution in [3.63, 3.8) is 0 Å². The maximum Gasteiger partial charge on any atom is 0.161 e. The highest BCUT2D eigenvalue weighted by Crippen LogP contribution is 2.30. The van der Waals surface area contributed by atoms with E-state index >= 15 is 0 Å². The van der Waals surface area contributed by atoms with Crippen LogP contribution < -0.4 is 0 Å². The van der Waals surface area contributed by atoms with Crippen LogP contribution in [0, 0.1) is 5.92 Å². The van der Waals surface area contributed by atoms with Gasteiger partial charge in [-0.25, -0.2) is 0 Å². The molecule has 1 fully saturated rings. The minimum atomic E-state index is 0.0335. The lowest BCUT2D eigenvalue weighted by molar-refractivity contribution is -0.195. The Hall–Kier alpha value is -0.860. The van der Waals surface area contributed by atoms with Crippen LogP contribution >= 0.6 is 0 Å². The van der Waals surface area contributed by atoms with E-state index in [9.17, 15) is 0 Å². The summed E-state index contributed by atoms with van der Waals surface area (Å²) in [6.07, 6.45) is 3.55. The fourth-order valence-electron chi connectivity index (χ4n) is 2.55.